The fourth-order valence-electron chi connectivity index (χ4n) is 0.653. The molecule has 1 heterocycles. The van der Waals surface area contributed by atoms with Gasteiger partial charge in [-0.1, -0.05) is 11.8 Å². The summed E-state index contributed by atoms with van der Waals surface area (Å²) in [5, 5.41) is 0. The van der Waals surface area contributed by atoms with Gasteiger partial charge < -0.3 is 4.74 Å². The van der Waals surface area contributed by atoms with E-state index in [1.165, 1.54) is 0 Å². The van der Waals surface area contributed by atoms with Crippen molar-refractivity contribution in [3.05, 3.63) is 0 Å². The highest BCUT2D eigenvalue weighted by molar-refractivity contribution is 5.20. The fraction of sp³-hybridized carbons (Fsp3) is 0.778. The Balaban J connectivity index is 2.56. The van der Waals surface area contributed by atoms with Gasteiger partial charge in [0, 0.05) is 5.41 Å². The zero-order valence-corrected chi connectivity index (χ0v) is 7.20. The standard InChI is InChI=1S/C9H13FO/c1-8(2,3)4-5-9(10)6-11-7-9/h6-7H2,1-3H3. The van der Waals surface area contributed by atoms with E-state index in [0.717, 1.165) is 0 Å². The SMILES string of the molecule is CC(C)(C)C#CC1(F)COC1. The average molecular weight is 156 g/mol. The summed E-state index contributed by atoms with van der Waals surface area (Å²) in [6.07, 6.45) is 0. The maximum Gasteiger partial charge on any atom is 0.216 e. The normalized spacial score (nSPS) is 21.5. The van der Waals surface area contributed by atoms with Gasteiger partial charge in [0.2, 0.25) is 5.67 Å². The van der Waals surface area contributed by atoms with Crippen LogP contribution in [0.4, 0.5) is 4.39 Å². The lowest BCUT2D eigenvalue weighted by molar-refractivity contribution is -0.0935. The molecule has 0 saturated carbocycles. The molecule has 1 aliphatic heterocycles. The van der Waals surface area contributed by atoms with E-state index < -0.39 is 5.67 Å². The van der Waals surface area contributed by atoms with Crippen LogP contribution in [-0.4, -0.2) is 18.9 Å². The molecule has 1 aliphatic rings. The van der Waals surface area contributed by atoms with Crippen molar-refractivity contribution in [1.82, 2.24) is 0 Å². The fourth-order valence-corrected chi connectivity index (χ4v) is 0.653. The van der Waals surface area contributed by atoms with Crippen LogP contribution in [0, 0.1) is 17.3 Å². The molecule has 0 aromatic heterocycles. The second kappa shape index (κ2) is 2.49. The van der Waals surface area contributed by atoms with Gasteiger partial charge in [-0.2, -0.15) is 0 Å². The maximum absolute atomic E-state index is 13.1. The number of rotatable bonds is 0. The Morgan fingerprint density at radius 2 is 1.91 bits per heavy atom. The van der Waals surface area contributed by atoms with Gasteiger partial charge >= 0.3 is 0 Å². The lowest BCUT2D eigenvalue weighted by Crippen LogP contribution is -2.44. The number of halogens is 1. The molecule has 1 rings (SSSR count). The van der Waals surface area contributed by atoms with Gasteiger partial charge in [0.15, 0.2) is 0 Å². The number of hydrogen-bond acceptors (Lipinski definition) is 1. The smallest absolute Gasteiger partial charge is 0.216 e. The minimum Gasteiger partial charge on any atom is -0.372 e. The van der Waals surface area contributed by atoms with Gasteiger partial charge in [0.1, 0.15) is 0 Å². The van der Waals surface area contributed by atoms with Crippen molar-refractivity contribution < 1.29 is 9.13 Å². The summed E-state index contributed by atoms with van der Waals surface area (Å²) in [7, 11) is 0. The zero-order chi connectivity index (χ0) is 8.54. The van der Waals surface area contributed by atoms with Crippen LogP contribution in [0.15, 0.2) is 0 Å². The first-order valence-electron chi connectivity index (χ1n) is 3.72. The number of ether oxygens (including phenoxy) is 1. The van der Waals surface area contributed by atoms with Crippen molar-refractivity contribution in [2.75, 3.05) is 13.2 Å². The summed E-state index contributed by atoms with van der Waals surface area (Å²) in [6.45, 7) is 6.15. The lowest BCUT2D eigenvalue weighted by Gasteiger charge is -2.28. The van der Waals surface area contributed by atoms with E-state index in [1.807, 2.05) is 20.8 Å². The van der Waals surface area contributed by atoms with Crippen molar-refractivity contribution in [2.45, 2.75) is 26.4 Å². The summed E-state index contributed by atoms with van der Waals surface area (Å²) < 4.78 is 17.9. The summed E-state index contributed by atoms with van der Waals surface area (Å²) in [4.78, 5) is 0. The Labute approximate surface area is 66.9 Å². The van der Waals surface area contributed by atoms with Crippen molar-refractivity contribution in [2.24, 2.45) is 5.41 Å². The van der Waals surface area contributed by atoms with E-state index in [-0.39, 0.29) is 18.6 Å². The van der Waals surface area contributed by atoms with Crippen LogP contribution in [-0.2, 0) is 4.74 Å². The van der Waals surface area contributed by atoms with Crippen LogP contribution in [0.2, 0.25) is 0 Å². The molecule has 0 unspecified atom stereocenters. The van der Waals surface area contributed by atoms with Crippen molar-refractivity contribution in [1.29, 1.82) is 0 Å². The Bertz CT molecular complexity index is 200. The van der Waals surface area contributed by atoms with Crippen molar-refractivity contribution in [3.8, 4) is 11.8 Å². The van der Waals surface area contributed by atoms with Crippen LogP contribution >= 0.6 is 0 Å². The second-order valence-corrected chi connectivity index (χ2v) is 3.96. The van der Waals surface area contributed by atoms with E-state index in [4.69, 9.17) is 4.74 Å². The predicted octanol–water partition coefficient (Wildman–Crippen LogP) is 1.77. The van der Waals surface area contributed by atoms with Crippen LogP contribution in [0.1, 0.15) is 20.8 Å². The van der Waals surface area contributed by atoms with E-state index in [1.54, 1.807) is 0 Å². The molecule has 0 radical (unpaired) electrons. The molecule has 0 aromatic rings. The van der Waals surface area contributed by atoms with E-state index in [9.17, 15) is 4.39 Å². The third-order valence-electron chi connectivity index (χ3n) is 1.32. The maximum atomic E-state index is 13.1. The minimum atomic E-state index is -1.35. The van der Waals surface area contributed by atoms with Gasteiger partial charge in [-0.3, -0.25) is 0 Å². The summed E-state index contributed by atoms with van der Waals surface area (Å²) in [5.74, 6) is 5.45. The number of alkyl halides is 1. The molecular formula is C9H13FO. The molecule has 62 valence electrons. The van der Waals surface area contributed by atoms with Crippen molar-refractivity contribution in [3.63, 3.8) is 0 Å². The first-order valence-corrected chi connectivity index (χ1v) is 3.72. The van der Waals surface area contributed by atoms with Crippen LogP contribution in [0.5, 0.6) is 0 Å². The molecule has 2 heteroatoms. The van der Waals surface area contributed by atoms with Crippen LogP contribution in [0.25, 0.3) is 0 Å². The second-order valence-electron chi connectivity index (χ2n) is 3.96. The Morgan fingerprint density at radius 1 is 1.36 bits per heavy atom. The van der Waals surface area contributed by atoms with Gasteiger partial charge in [0.25, 0.3) is 0 Å². The third-order valence-corrected chi connectivity index (χ3v) is 1.32. The highest BCUT2D eigenvalue weighted by Crippen LogP contribution is 2.21. The van der Waals surface area contributed by atoms with E-state index in [2.05, 4.69) is 11.8 Å². The Hall–Kier alpha value is -0.550. The molecule has 11 heavy (non-hydrogen) atoms. The molecule has 0 N–H and O–H groups in total. The monoisotopic (exact) mass is 156 g/mol. The molecule has 1 saturated heterocycles. The highest BCUT2D eigenvalue weighted by Gasteiger charge is 2.36. The lowest BCUT2D eigenvalue weighted by atomic mass is 9.95. The molecular weight excluding hydrogens is 143 g/mol. The van der Waals surface area contributed by atoms with Crippen LogP contribution < -0.4 is 0 Å². The molecule has 1 nitrogen and oxygen atoms in total. The molecule has 0 spiro atoms. The predicted molar refractivity (Wildman–Crippen MR) is 41.9 cm³/mol. The first-order chi connectivity index (χ1) is 4.91. The van der Waals surface area contributed by atoms with Gasteiger partial charge in [-0.15, -0.1) is 0 Å². The molecule has 0 bridgehead atoms. The topological polar surface area (TPSA) is 9.23 Å². The number of hydrogen-bond donors (Lipinski definition) is 0. The Morgan fingerprint density at radius 3 is 2.18 bits per heavy atom. The van der Waals surface area contributed by atoms with Gasteiger partial charge in [0.05, 0.1) is 13.2 Å². The summed E-state index contributed by atoms with van der Waals surface area (Å²) in [6, 6.07) is 0. The average Bonchev–Trinajstić information content (AvgIpc) is 1.77. The van der Waals surface area contributed by atoms with E-state index >= 15 is 0 Å². The van der Waals surface area contributed by atoms with Gasteiger partial charge in [-0.05, 0) is 20.8 Å². The molecule has 0 atom stereocenters. The van der Waals surface area contributed by atoms with Crippen LogP contribution in [0.3, 0.4) is 0 Å². The quantitative estimate of drug-likeness (QED) is 0.486. The summed E-state index contributed by atoms with van der Waals surface area (Å²) >= 11 is 0. The zero-order valence-electron chi connectivity index (χ0n) is 7.20. The molecule has 0 aliphatic carbocycles. The first kappa shape index (κ1) is 8.55. The molecule has 1 fully saturated rings. The summed E-state index contributed by atoms with van der Waals surface area (Å²) in [5.41, 5.74) is -1.47. The third kappa shape index (κ3) is 2.51. The van der Waals surface area contributed by atoms with Gasteiger partial charge in [-0.25, -0.2) is 4.39 Å². The molecule has 0 aromatic carbocycles. The highest BCUT2D eigenvalue weighted by atomic mass is 19.1. The van der Waals surface area contributed by atoms with E-state index in [0.29, 0.717) is 0 Å². The van der Waals surface area contributed by atoms with Crippen molar-refractivity contribution >= 4 is 0 Å². The minimum absolute atomic E-state index is 0.116. The largest absolute Gasteiger partial charge is 0.372 e. The Kier molecular flexibility index (Phi) is 1.94. The molecule has 0 amide bonds.